The summed E-state index contributed by atoms with van der Waals surface area (Å²) in [7, 11) is 2.06. The van der Waals surface area contributed by atoms with Gasteiger partial charge in [0.15, 0.2) is 0 Å². The van der Waals surface area contributed by atoms with Crippen LogP contribution in [0, 0.1) is 0 Å². The lowest BCUT2D eigenvalue weighted by molar-refractivity contribution is -0.197. The normalized spacial score (nSPS) is 21.6. The van der Waals surface area contributed by atoms with Crippen molar-refractivity contribution in [1.29, 1.82) is 0 Å². The number of hydrogen-bond donors (Lipinski definition) is 0. The number of imide groups is 1. The minimum Gasteiger partial charge on any atom is -0.392 e. The second-order valence-electron chi connectivity index (χ2n) is 6.76. The van der Waals surface area contributed by atoms with E-state index in [9.17, 15) is 14.4 Å². The van der Waals surface area contributed by atoms with Crippen LogP contribution in [0.4, 0.5) is 0 Å². The molecule has 3 aliphatic rings. The molecule has 0 spiro atoms. The van der Waals surface area contributed by atoms with Gasteiger partial charge in [0.2, 0.25) is 0 Å². The molecule has 0 N–H and O–H groups in total. The number of carbonyl (C=O) groups is 3. The Kier molecular flexibility index (Phi) is 3.98. The largest absolute Gasteiger partial charge is 0.396 e. The lowest BCUT2D eigenvalue weighted by atomic mass is 9.98. The summed E-state index contributed by atoms with van der Waals surface area (Å²) in [4.78, 5) is 42.3. The molecule has 1 saturated heterocycles. The summed E-state index contributed by atoms with van der Waals surface area (Å²) in [6.45, 7) is 4.16. The Hall–Kier alpha value is -2.77. The summed E-state index contributed by atoms with van der Waals surface area (Å²) in [5, 5.41) is 0.606. The maximum Gasteiger partial charge on any atom is 0.396 e. The molecule has 26 heavy (non-hydrogen) atoms. The molecule has 4 rings (SSSR count). The molecule has 0 saturated carbocycles. The number of hydrogen-bond acceptors (Lipinski definition) is 5. The zero-order valence-electron chi connectivity index (χ0n) is 14.8. The molecular weight excluding hydrogens is 333 g/mol. The molecule has 4 heterocycles. The first kappa shape index (κ1) is 16.7. The van der Waals surface area contributed by atoms with E-state index in [4.69, 9.17) is 4.84 Å². The summed E-state index contributed by atoms with van der Waals surface area (Å²) in [6.07, 6.45) is 5.00. The first-order chi connectivity index (χ1) is 12.5. The Bertz CT molecular complexity index is 854. The predicted octanol–water partition coefficient (Wildman–Crippen LogP) is 1.63. The highest BCUT2D eigenvalue weighted by Gasteiger charge is 2.35. The molecule has 0 aliphatic carbocycles. The first-order valence-electron chi connectivity index (χ1n) is 8.74. The minimum absolute atomic E-state index is 0.104. The molecule has 2 amide bonds. The number of amides is 2. The zero-order chi connectivity index (χ0) is 18.4. The number of aromatic nitrogens is 1. The van der Waals surface area contributed by atoms with Gasteiger partial charge in [0.05, 0.1) is 6.42 Å². The summed E-state index contributed by atoms with van der Waals surface area (Å²) in [6, 6.07) is 4.20. The van der Waals surface area contributed by atoms with Crippen LogP contribution in [-0.4, -0.2) is 45.7 Å². The highest BCUT2D eigenvalue weighted by atomic mass is 16.7. The number of allylic oxidation sites excluding steroid dienone is 1. The highest BCUT2D eigenvalue weighted by Crippen LogP contribution is 2.38. The number of fused-ring (bicyclic) bond motifs is 2. The van der Waals surface area contributed by atoms with E-state index < -0.39 is 17.8 Å². The Morgan fingerprint density at radius 2 is 2.04 bits per heavy atom. The SMILES string of the molecule is CC1=C(CCC(=O)ON2C(=O)CCC2=O)C(C)N2[B]n3cccc3C=C12. The van der Waals surface area contributed by atoms with E-state index in [1.165, 1.54) is 0 Å². The lowest BCUT2D eigenvalue weighted by Gasteiger charge is -2.30. The second kappa shape index (κ2) is 6.19. The van der Waals surface area contributed by atoms with Gasteiger partial charge in [-0.2, -0.15) is 0 Å². The molecule has 3 aliphatic heterocycles. The predicted molar refractivity (Wildman–Crippen MR) is 94.0 cm³/mol. The van der Waals surface area contributed by atoms with Crippen molar-refractivity contribution in [3.05, 3.63) is 40.9 Å². The molecule has 7 nitrogen and oxygen atoms in total. The van der Waals surface area contributed by atoms with Crippen molar-refractivity contribution in [3.63, 3.8) is 0 Å². The first-order valence-corrected chi connectivity index (χ1v) is 8.74. The molecule has 1 aromatic heterocycles. The van der Waals surface area contributed by atoms with Crippen LogP contribution in [0.5, 0.6) is 0 Å². The molecule has 133 valence electrons. The fourth-order valence-corrected chi connectivity index (χ4v) is 3.74. The van der Waals surface area contributed by atoms with E-state index >= 15 is 0 Å². The topological polar surface area (TPSA) is 71.8 Å². The van der Waals surface area contributed by atoms with Gasteiger partial charge in [0, 0.05) is 30.3 Å². The van der Waals surface area contributed by atoms with Gasteiger partial charge < -0.3 is 14.1 Å². The Labute approximate surface area is 152 Å². The number of carbonyl (C=O) groups excluding carboxylic acids is 3. The van der Waals surface area contributed by atoms with Crippen LogP contribution in [0.2, 0.25) is 0 Å². The summed E-state index contributed by atoms with van der Waals surface area (Å²) in [5.74, 6) is -1.46. The third-order valence-electron chi connectivity index (χ3n) is 5.21. The van der Waals surface area contributed by atoms with Crippen molar-refractivity contribution in [2.45, 2.75) is 45.6 Å². The lowest BCUT2D eigenvalue weighted by Crippen LogP contribution is -2.38. The summed E-state index contributed by atoms with van der Waals surface area (Å²) in [5.41, 5.74) is 4.57. The van der Waals surface area contributed by atoms with Crippen LogP contribution < -0.4 is 0 Å². The molecule has 1 fully saturated rings. The quantitative estimate of drug-likeness (QED) is 0.609. The van der Waals surface area contributed by atoms with E-state index in [0.29, 0.717) is 11.5 Å². The minimum atomic E-state index is -0.560. The van der Waals surface area contributed by atoms with Gasteiger partial charge in [0.25, 0.3) is 11.8 Å². The van der Waals surface area contributed by atoms with E-state index in [1.54, 1.807) is 0 Å². The standard InChI is InChI=1S/C18H19BN3O4/c1-11-14(5-8-18(25)26-22-16(23)6-7-17(22)24)12(2)21-15(11)10-13-4-3-9-20(13)19-21/h3-4,9-10,12H,5-8H2,1-2H3. The monoisotopic (exact) mass is 352 g/mol. The van der Waals surface area contributed by atoms with Gasteiger partial charge in [-0.3, -0.25) is 9.59 Å². The van der Waals surface area contributed by atoms with E-state index in [-0.39, 0.29) is 25.3 Å². The molecule has 1 aromatic rings. The molecule has 1 unspecified atom stereocenters. The van der Waals surface area contributed by atoms with Gasteiger partial charge in [-0.05, 0) is 55.8 Å². The van der Waals surface area contributed by atoms with Crippen molar-refractivity contribution in [2.24, 2.45) is 0 Å². The summed E-state index contributed by atoms with van der Waals surface area (Å²) < 4.78 is 2.06. The molecule has 1 atom stereocenters. The Balaban J connectivity index is 1.44. The fourth-order valence-electron chi connectivity index (χ4n) is 3.74. The van der Waals surface area contributed by atoms with Gasteiger partial charge in [-0.15, -0.1) is 5.06 Å². The smallest absolute Gasteiger partial charge is 0.392 e. The van der Waals surface area contributed by atoms with Crippen LogP contribution >= 0.6 is 0 Å². The third-order valence-corrected chi connectivity index (χ3v) is 5.21. The third kappa shape index (κ3) is 2.65. The van der Waals surface area contributed by atoms with Crippen LogP contribution in [-0.2, 0) is 19.2 Å². The van der Waals surface area contributed by atoms with Crippen molar-refractivity contribution < 1.29 is 19.2 Å². The second-order valence-corrected chi connectivity index (χ2v) is 6.76. The maximum atomic E-state index is 12.1. The van der Waals surface area contributed by atoms with Crippen molar-refractivity contribution >= 4 is 31.4 Å². The molecule has 0 bridgehead atoms. The van der Waals surface area contributed by atoms with Crippen LogP contribution in [0.1, 0.15) is 45.2 Å². The average molecular weight is 352 g/mol. The Morgan fingerprint density at radius 3 is 2.77 bits per heavy atom. The highest BCUT2D eigenvalue weighted by molar-refractivity contribution is 6.33. The van der Waals surface area contributed by atoms with Gasteiger partial charge in [-0.1, -0.05) is 0 Å². The van der Waals surface area contributed by atoms with Gasteiger partial charge in [-0.25, -0.2) is 4.79 Å². The van der Waals surface area contributed by atoms with Crippen LogP contribution in [0.25, 0.3) is 6.08 Å². The molecule has 8 heteroatoms. The fraction of sp³-hybridized carbons (Fsp3) is 0.389. The maximum absolute atomic E-state index is 12.1. The molecule has 1 radical (unpaired) electrons. The van der Waals surface area contributed by atoms with Crippen molar-refractivity contribution in [2.75, 3.05) is 0 Å². The van der Waals surface area contributed by atoms with Crippen molar-refractivity contribution in [1.82, 2.24) is 14.4 Å². The van der Waals surface area contributed by atoms with Crippen LogP contribution in [0.3, 0.4) is 0 Å². The van der Waals surface area contributed by atoms with E-state index in [0.717, 1.165) is 22.5 Å². The zero-order valence-corrected chi connectivity index (χ0v) is 14.8. The number of hydroxylamine groups is 2. The van der Waals surface area contributed by atoms with Crippen molar-refractivity contribution in [3.8, 4) is 0 Å². The van der Waals surface area contributed by atoms with Crippen LogP contribution in [0.15, 0.2) is 35.2 Å². The van der Waals surface area contributed by atoms with Gasteiger partial charge >= 0.3 is 13.5 Å². The summed E-state index contributed by atoms with van der Waals surface area (Å²) >= 11 is 0. The van der Waals surface area contributed by atoms with E-state index in [1.807, 2.05) is 12.3 Å². The Morgan fingerprint density at radius 1 is 1.31 bits per heavy atom. The molecular formula is C18H19BN3O4. The van der Waals surface area contributed by atoms with Gasteiger partial charge in [0.1, 0.15) is 0 Å². The number of nitrogens with zero attached hydrogens (tertiary/aromatic N) is 3. The average Bonchev–Trinajstić information content (AvgIpc) is 3.26. The number of rotatable bonds is 4. The van der Waals surface area contributed by atoms with E-state index in [2.05, 4.69) is 42.8 Å². The molecule has 0 aromatic carbocycles.